The predicted molar refractivity (Wildman–Crippen MR) is 316 cm³/mol. The van der Waals surface area contributed by atoms with Gasteiger partial charge in [0.2, 0.25) is 6.29 Å². The van der Waals surface area contributed by atoms with Gasteiger partial charge < -0.3 is 154 Å². The number of aliphatic hydroxyl groups excluding tert-OH is 18. The fraction of sp³-hybridized carbons (Fsp3) is 0.938. The van der Waals surface area contributed by atoms with Crippen molar-refractivity contribution in [1.82, 2.24) is 0 Å². The Morgan fingerprint density at radius 3 is 1.64 bits per heavy atom. The van der Waals surface area contributed by atoms with Crippen LogP contribution in [0, 0.1) is 50.2 Å². The van der Waals surface area contributed by atoms with Crippen LogP contribution in [0.25, 0.3) is 0 Å². The number of fused-ring (bicyclic) bond motifs is 7. The average Bonchev–Trinajstić information content (AvgIpc) is 0.671. The number of rotatable bonds is 16. The fourth-order valence-electron chi connectivity index (χ4n) is 18.8. The van der Waals surface area contributed by atoms with Gasteiger partial charge in [-0.1, -0.05) is 53.2 Å². The summed E-state index contributed by atoms with van der Waals surface area (Å²) >= 11 is 0. The van der Waals surface area contributed by atoms with Gasteiger partial charge in [-0.15, -0.1) is 0 Å². The number of allylic oxidation sites excluding steroid dienone is 2. The average molecular weight is 1380 g/mol. The van der Waals surface area contributed by atoms with Crippen molar-refractivity contribution in [2.45, 2.75) is 290 Å². The van der Waals surface area contributed by atoms with Crippen molar-refractivity contribution in [3.8, 4) is 0 Å². The zero-order valence-corrected chi connectivity index (χ0v) is 54.9. The minimum Gasteiger partial charge on any atom is -0.432 e. The summed E-state index contributed by atoms with van der Waals surface area (Å²) in [6, 6.07) is 0. The van der Waals surface area contributed by atoms with Gasteiger partial charge in [0.25, 0.3) is 0 Å². The second-order valence-electron chi connectivity index (χ2n) is 30.7. The molecule has 38 atom stereocenters. The van der Waals surface area contributed by atoms with E-state index in [9.17, 15) is 96.7 Å². The lowest BCUT2D eigenvalue weighted by atomic mass is 9.33. The first-order chi connectivity index (χ1) is 45.1. The molecule has 32 nitrogen and oxygen atoms in total. The predicted octanol–water partition coefficient (Wildman–Crippen LogP) is -5.93. The highest BCUT2D eigenvalue weighted by atomic mass is 16.8. The molecule has 0 radical (unpaired) electrons. The molecule has 6 saturated heterocycles. The molecule has 32 heteroatoms. The fourth-order valence-corrected chi connectivity index (χ4v) is 18.8. The number of aldehydes is 1. The highest BCUT2D eigenvalue weighted by Crippen LogP contribution is 2.76. The zero-order valence-electron chi connectivity index (χ0n) is 54.9. The molecule has 0 aromatic heterocycles. The number of carbonyl (C=O) groups excluding carboxylic acids is 2. The molecule has 0 amide bonds. The summed E-state index contributed by atoms with van der Waals surface area (Å²) in [5.74, 6) is -2.08. The zero-order chi connectivity index (χ0) is 70.0. The van der Waals surface area contributed by atoms with Crippen molar-refractivity contribution in [2.24, 2.45) is 50.2 Å². The third-order valence-electron chi connectivity index (χ3n) is 24.8. The minimum atomic E-state index is -2.03. The molecule has 10 fully saturated rings. The summed E-state index contributed by atoms with van der Waals surface area (Å²) in [6.45, 7) is 10.3. The Hall–Kier alpha value is -2.28. The standard InChI is InChI=1S/C64H102O32/c1-24-48(92-52-44(80)36(72)27(69)21-85-52)43(79)47(83)53(87-24)94-50-37(73)28(70)22-86-56(50)96-58(84)64-15-14-59(2,3)16-26(64)25-8-9-33-60(4)12-11-35(61(5,23-68)32(60)10-13-62(33,6)63(25,7)17-34(64)71)91-57-51(95-55-46(82)42(78)39(75)30(19-66)89-55)49(40(76)31(20-67)90-57)93-54-45(81)41(77)38(74)29(18-65)88-54/h8,23-24,26-57,65-67,69-83H,9-22H2,1-7H3/t24-,26-,27+,28-,29+,30+,31+,32+,33+,34+,35-,36-,37-,38+,39-,40+,41-,42-,43-,44+,45+,46+,47+,48-,49-,50+,51+,52-,53-,54-,55-,56-,57-,60-,61-,62+,63+,64+/m0/s1. The topological polar surface area (TPSA) is 509 Å². The van der Waals surface area contributed by atoms with Crippen LogP contribution in [0.1, 0.15) is 106 Å². The molecule has 4 saturated carbocycles. The monoisotopic (exact) mass is 1380 g/mol. The molecule has 6 aliphatic heterocycles. The molecule has 11 aliphatic rings. The van der Waals surface area contributed by atoms with Gasteiger partial charge in [-0.2, -0.15) is 0 Å². The quantitative estimate of drug-likeness (QED) is 0.0296. The first-order valence-corrected chi connectivity index (χ1v) is 33.7. The Morgan fingerprint density at radius 1 is 0.510 bits per heavy atom. The van der Waals surface area contributed by atoms with Crippen LogP contribution in [0.4, 0.5) is 0 Å². The van der Waals surface area contributed by atoms with E-state index in [0.717, 1.165) is 11.9 Å². The van der Waals surface area contributed by atoms with Gasteiger partial charge in [0.1, 0.15) is 134 Å². The SMILES string of the molecule is C[C@@H]1O[C@@H](O[C@H]2[C@H](OC(=O)[C@]34CCC(C)(C)C[C@H]3C3=CC[C@@H]5[C@@]6(C)CC[C@H](O[C@@H]7O[C@H](CO)[C@@H](O)[C@H](O[C@@H]8O[C@H](CO)[C@@H](O)[C@H](O)[C@H]8O)[C@H]7O[C@@H]7O[C@H](CO)[C@H](O)[C@H](O)[C@H]7O)[C@@](C)(C=O)[C@@H]6CC[C@@]5(C)[C@]3(C)C[C@H]4O)OC[C@H](O)[C@@H]2O)[C@H](O)[C@H](O)[C@H]1O[C@@H]1OC[C@@H](O)[C@H](O)[C@H]1O. The summed E-state index contributed by atoms with van der Waals surface area (Å²) in [4.78, 5) is 29.7. The van der Waals surface area contributed by atoms with E-state index in [4.69, 9.17) is 56.8 Å². The number of hydrogen-bond acceptors (Lipinski definition) is 32. The lowest BCUT2D eigenvalue weighted by Crippen LogP contribution is -2.69. The van der Waals surface area contributed by atoms with Crippen molar-refractivity contribution in [3.63, 3.8) is 0 Å². The molecule has 96 heavy (non-hydrogen) atoms. The molecule has 5 aliphatic carbocycles. The van der Waals surface area contributed by atoms with E-state index in [2.05, 4.69) is 40.7 Å². The maximum absolute atomic E-state index is 15.5. The van der Waals surface area contributed by atoms with Crippen LogP contribution in [0.2, 0.25) is 0 Å². The lowest BCUT2D eigenvalue weighted by Gasteiger charge is -2.71. The number of aliphatic hydroxyl groups is 18. The largest absolute Gasteiger partial charge is 0.432 e. The van der Waals surface area contributed by atoms with Gasteiger partial charge >= 0.3 is 5.97 Å². The van der Waals surface area contributed by atoms with Crippen molar-refractivity contribution >= 4 is 12.3 Å². The van der Waals surface area contributed by atoms with Gasteiger partial charge in [-0.25, -0.2) is 0 Å². The van der Waals surface area contributed by atoms with Crippen molar-refractivity contribution in [3.05, 3.63) is 11.6 Å². The highest BCUT2D eigenvalue weighted by molar-refractivity contribution is 5.80. The van der Waals surface area contributed by atoms with E-state index >= 15 is 4.79 Å². The van der Waals surface area contributed by atoms with E-state index in [0.29, 0.717) is 38.5 Å². The Morgan fingerprint density at radius 2 is 1.03 bits per heavy atom. The van der Waals surface area contributed by atoms with Gasteiger partial charge in [-0.3, -0.25) is 4.79 Å². The molecule has 550 valence electrons. The van der Waals surface area contributed by atoms with Crippen LogP contribution in [0.3, 0.4) is 0 Å². The van der Waals surface area contributed by atoms with Gasteiger partial charge in [0.05, 0.1) is 56.8 Å². The summed E-state index contributed by atoms with van der Waals surface area (Å²) in [5.41, 5.74) is -4.40. The Balaban J connectivity index is 0.848. The second-order valence-corrected chi connectivity index (χ2v) is 30.7. The highest BCUT2D eigenvalue weighted by Gasteiger charge is 2.73. The van der Waals surface area contributed by atoms with Gasteiger partial charge in [-0.05, 0) is 104 Å². The van der Waals surface area contributed by atoms with E-state index in [1.54, 1.807) is 6.92 Å². The minimum absolute atomic E-state index is 0.0881. The number of hydrogen-bond donors (Lipinski definition) is 18. The summed E-state index contributed by atoms with van der Waals surface area (Å²) in [5, 5.41) is 197. The molecule has 11 rings (SSSR count). The van der Waals surface area contributed by atoms with Crippen molar-refractivity contribution < 1.29 is 158 Å². The summed E-state index contributed by atoms with van der Waals surface area (Å²) in [6.07, 6.45) is -44.9. The normalized spacial score (nSPS) is 55.1. The van der Waals surface area contributed by atoms with E-state index in [1.165, 1.54) is 6.92 Å². The molecular weight excluding hydrogens is 1280 g/mol. The molecule has 0 spiro atoms. The van der Waals surface area contributed by atoms with Crippen LogP contribution in [-0.2, 0) is 66.4 Å². The van der Waals surface area contributed by atoms with Crippen LogP contribution < -0.4 is 0 Å². The molecule has 0 aromatic rings. The number of carbonyl (C=O) groups is 2. The van der Waals surface area contributed by atoms with Crippen LogP contribution >= 0.6 is 0 Å². The Bertz CT molecular complexity index is 2730. The Labute approximate surface area is 554 Å². The van der Waals surface area contributed by atoms with Gasteiger partial charge in [0, 0.05) is 0 Å². The molecule has 6 heterocycles. The van der Waals surface area contributed by atoms with E-state index < -0.39 is 262 Å². The second kappa shape index (κ2) is 28.1. The van der Waals surface area contributed by atoms with E-state index in [-0.39, 0.29) is 30.6 Å². The maximum atomic E-state index is 15.5. The molecule has 0 aromatic carbocycles. The van der Waals surface area contributed by atoms with Crippen LogP contribution in [0.15, 0.2) is 11.6 Å². The molecule has 18 N–H and O–H groups in total. The van der Waals surface area contributed by atoms with E-state index in [1.807, 2.05) is 0 Å². The van der Waals surface area contributed by atoms with Gasteiger partial charge in [0.15, 0.2) is 37.6 Å². The maximum Gasteiger partial charge on any atom is 0.317 e. The molecule has 0 bridgehead atoms. The molecule has 0 unspecified atom stereocenters. The number of ether oxygens (including phenoxy) is 12. The molecular formula is C64H102O32. The first kappa shape index (κ1) is 74.9. The van der Waals surface area contributed by atoms with Crippen LogP contribution in [0.5, 0.6) is 0 Å². The first-order valence-electron chi connectivity index (χ1n) is 33.7. The summed E-state index contributed by atoms with van der Waals surface area (Å²) in [7, 11) is 0. The number of esters is 1. The third kappa shape index (κ3) is 12.5. The smallest absolute Gasteiger partial charge is 0.317 e. The Kier molecular flexibility index (Phi) is 21.9. The summed E-state index contributed by atoms with van der Waals surface area (Å²) < 4.78 is 72.2. The third-order valence-corrected chi connectivity index (χ3v) is 24.8. The van der Waals surface area contributed by atoms with Crippen LogP contribution in [-0.4, -0.2) is 321 Å². The lowest BCUT2D eigenvalue weighted by molar-refractivity contribution is -0.399. The van der Waals surface area contributed by atoms with Crippen molar-refractivity contribution in [1.29, 1.82) is 0 Å². The van der Waals surface area contributed by atoms with Crippen molar-refractivity contribution in [2.75, 3.05) is 33.0 Å².